The molecular weight excluding hydrogens is 222 g/mol. The Kier molecular flexibility index (Phi) is 4.39. The lowest BCUT2D eigenvalue weighted by Gasteiger charge is -2.25. The van der Waals surface area contributed by atoms with E-state index in [9.17, 15) is 4.79 Å². The van der Waals surface area contributed by atoms with Crippen LogP contribution in [0, 0.1) is 0 Å². The van der Waals surface area contributed by atoms with Crippen LogP contribution < -0.4 is 0 Å². The number of ether oxygens (including phenoxy) is 1. The highest BCUT2D eigenvalue weighted by Crippen LogP contribution is 2.14. The van der Waals surface area contributed by atoms with Gasteiger partial charge in [-0.1, -0.05) is 42.1 Å². The maximum Gasteiger partial charge on any atom is 0.220 e. The Hall–Kier alpha value is -0.840. The molecule has 1 aromatic rings. The summed E-state index contributed by atoms with van der Waals surface area (Å²) in [7, 11) is 0. The molecule has 1 aliphatic rings. The third-order valence-electron chi connectivity index (χ3n) is 2.49. The number of thioether (sulfide) groups is 1. The van der Waals surface area contributed by atoms with Crippen LogP contribution in [0.15, 0.2) is 30.3 Å². The summed E-state index contributed by atoms with van der Waals surface area (Å²) in [6.07, 6.45) is 0. The molecule has 0 aliphatic carbocycles. The van der Waals surface area contributed by atoms with E-state index in [1.54, 1.807) is 0 Å². The van der Waals surface area contributed by atoms with Crippen LogP contribution in [0.1, 0.15) is 10.4 Å². The Bertz CT molecular complexity index is 336. The topological polar surface area (TPSA) is 29.5 Å². The Balaban J connectivity index is 1.79. The van der Waals surface area contributed by atoms with Crippen LogP contribution in [0.4, 0.5) is 0 Å². The lowest BCUT2D eigenvalue weighted by atomic mass is 10.2. The van der Waals surface area contributed by atoms with Gasteiger partial charge in [0.2, 0.25) is 5.12 Å². The van der Waals surface area contributed by atoms with E-state index in [1.807, 2.05) is 30.3 Å². The van der Waals surface area contributed by atoms with Gasteiger partial charge in [-0.25, -0.2) is 0 Å². The summed E-state index contributed by atoms with van der Waals surface area (Å²) >= 11 is 1.37. The van der Waals surface area contributed by atoms with Gasteiger partial charge < -0.3 is 4.74 Å². The van der Waals surface area contributed by atoms with Gasteiger partial charge >= 0.3 is 0 Å². The van der Waals surface area contributed by atoms with Gasteiger partial charge in [0.25, 0.3) is 0 Å². The van der Waals surface area contributed by atoms with Crippen molar-refractivity contribution in [3.63, 3.8) is 0 Å². The fourth-order valence-corrected chi connectivity index (χ4v) is 2.40. The zero-order chi connectivity index (χ0) is 11.2. The summed E-state index contributed by atoms with van der Waals surface area (Å²) in [6, 6.07) is 9.41. The average Bonchev–Trinajstić information content (AvgIpc) is 2.38. The molecule has 0 aromatic heterocycles. The predicted molar refractivity (Wildman–Crippen MR) is 65.6 cm³/mol. The molecule has 1 heterocycles. The van der Waals surface area contributed by atoms with Gasteiger partial charge in [-0.15, -0.1) is 0 Å². The van der Waals surface area contributed by atoms with E-state index in [2.05, 4.69) is 4.90 Å². The minimum absolute atomic E-state index is 0.145. The molecule has 0 saturated carbocycles. The Labute approximate surface area is 99.8 Å². The summed E-state index contributed by atoms with van der Waals surface area (Å²) in [5.74, 6) is 0.761. The molecular formula is C12H15NO2S. The largest absolute Gasteiger partial charge is 0.379 e. The summed E-state index contributed by atoms with van der Waals surface area (Å²) in [5, 5.41) is 0.145. The number of hydrogen-bond donors (Lipinski definition) is 0. The van der Waals surface area contributed by atoms with E-state index in [0.29, 0.717) is 0 Å². The van der Waals surface area contributed by atoms with Crippen LogP contribution in [-0.2, 0) is 4.74 Å². The molecule has 86 valence electrons. The number of carbonyl (C=O) groups is 1. The molecule has 4 heteroatoms. The van der Waals surface area contributed by atoms with Crippen molar-refractivity contribution < 1.29 is 9.53 Å². The van der Waals surface area contributed by atoms with Crippen LogP contribution in [0.25, 0.3) is 0 Å². The molecule has 0 radical (unpaired) electrons. The molecule has 0 spiro atoms. The molecule has 1 aliphatic heterocycles. The van der Waals surface area contributed by atoms with Crippen molar-refractivity contribution in [2.24, 2.45) is 0 Å². The van der Waals surface area contributed by atoms with Gasteiger partial charge in [0, 0.05) is 18.7 Å². The van der Waals surface area contributed by atoms with Gasteiger partial charge in [-0.3, -0.25) is 9.69 Å². The third kappa shape index (κ3) is 3.33. The fraction of sp³-hybridized carbons (Fsp3) is 0.417. The van der Waals surface area contributed by atoms with Crippen molar-refractivity contribution in [1.82, 2.24) is 4.90 Å². The van der Waals surface area contributed by atoms with Crippen LogP contribution in [0.3, 0.4) is 0 Å². The van der Waals surface area contributed by atoms with Crippen LogP contribution in [-0.4, -0.2) is 42.2 Å². The summed E-state index contributed by atoms with van der Waals surface area (Å²) in [6.45, 7) is 3.41. The number of rotatable bonds is 3. The lowest BCUT2D eigenvalue weighted by Crippen LogP contribution is -2.36. The van der Waals surface area contributed by atoms with Gasteiger partial charge in [0.05, 0.1) is 19.1 Å². The molecule has 16 heavy (non-hydrogen) atoms. The molecule has 3 nitrogen and oxygen atoms in total. The molecule has 1 aromatic carbocycles. The molecule has 2 rings (SSSR count). The highest BCUT2D eigenvalue weighted by atomic mass is 32.2. The molecule has 1 fully saturated rings. The number of morpholine rings is 1. The standard InChI is InChI=1S/C12H15NO2S/c14-12(11-4-2-1-3-5-11)16-10-13-6-8-15-9-7-13/h1-5H,6-10H2. The first-order valence-electron chi connectivity index (χ1n) is 5.38. The third-order valence-corrected chi connectivity index (χ3v) is 3.48. The molecule has 1 saturated heterocycles. The van der Waals surface area contributed by atoms with Gasteiger partial charge in [0.15, 0.2) is 0 Å². The number of benzene rings is 1. The second-order valence-electron chi connectivity index (χ2n) is 3.66. The van der Waals surface area contributed by atoms with E-state index >= 15 is 0 Å². The quantitative estimate of drug-likeness (QED) is 0.802. The van der Waals surface area contributed by atoms with Crippen LogP contribution in [0.2, 0.25) is 0 Å². The monoisotopic (exact) mass is 237 g/mol. The zero-order valence-corrected chi connectivity index (χ0v) is 9.91. The summed E-state index contributed by atoms with van der Waals surface area (Å²) in [4.78, 5) is 14.0. The summed E-state index contributed by atoms with van der Waals surface area (Å²) in [5.41, 5.74) is 0.778. The minimum Gasteiger partial charge on any atom is -0.379 e. The van der Waals surface area contributed by atoms with Crippen molar-refractivity contribution in [1.29, 1.82) is 0 Å². The highest BCUT2D eigenvalue weighted by molar-refractivity contribution is 8.14. The fourth-order valence-electron chi connectivity index (χ4n) is 1.54. The molecule has 0 bridgehead atoms. The Morgan fingerprint density at radius 1 is 1.25 bits per heavy atom. The molecule has 0 N–H and O–H groups in total. The predicted octanol–water partition coefficient (Wildman–Crippen LogP) is 1.85. The number of hydrogen-bond acceptors (Lipinski definition) is 4. The van der Waals surface area contributed by atoms with Crippen LogP contribution >= 0.6 is 11.8 Å². The Morgan fingerprint density at radius 2 is 1.94 bits per heavy atom. The van der Waals surface area contributed by atoms with Gasteiger partial charge in [-0.2, -0.15) is 0 Å². The smallest absolute Gasteiger partial charge is 0.220 e. The molecule has 0 atom stereocenters. The second kappa shape index (κ2) is 6.03. The van der Waals surface area contributed by atoms with Crippen molar-refractivity contribution in [3.05, 3.63) is 35.9 Å². The second-order valence-corrected chi connectivity index (χ2v) is 4.57. The van der Waals surface area contributed by atoms with Gasteiger partial charge in [-0.05, 0) is 0 Å². The number of nitrogens with zero attached hydrogens (tertiary/aromatic N) is 1. The summed E-state index contributed by atoms with van der Waals surface area (Å²) < 4.78 is 5.26. The SMILES string of the molecule is O=C(SCN1CCOCC1)c1ccccc1. The first kappa shape index (κ1) is 11.6. The van der Waals surface area contributed by atoms with Crippen molar-refractivity contribution >= 4 is 16.9 Å². The zero-order valence-electron chi connectivity index (χ0n) is 9.09. The first-order chi connectivity index (χ1) is 7.86. The van der Waals surface area contributed by atoms with E-state index in [1.165, 1.54) is 11.8 Å². The van der Waals surface area contributed by atoms with E-state index in [0.717, 1.165) is 37.7 Å². The van der Waals surface area contributed by atoms with Crippen LogP contribution in [0.5, 0.6) is 0 Å². The van der Waals surface area contributed by atoms with Crippen molar-refractivity contribution in [2.75, 3.05) is 32.2 Å². The highest BCUT2D eigenvalue weighted by Gasteiger charge is 2.13. The Morgan fingerprint density at radius 3 is 2.62 bits per heavy atom. The van der Waals surface area contributed by atoms with E-state index in [-0.39, 0.29) is 5.12 Å². The maximum atomic E-state index is 11.8. The lowest BCUT2D eigenvalue weighted by molar-refractivity contribution is 0.0473. The molecule has 0 unspecified atom stereocenters. The van der Waals surface area contributed by atoms with E-state index < -0.39 is 0 Å². The number of carbonyl (C=O) groups excluding carboxylic acids is 1. The van der Waals surface area contributed by atoms with E-state index in [4.69, 9.17) is 4.74 Å². The van der Waals surface area contributed by atoms with Crippen molar-refractivity contribution in [2.45, 2.75) is 0 Å². The maximum absolute atomic E-state index is 11.8. The minimum atomic E-state index is 0.145. The normalized spacial score (nSPS) is 17.2. The first-order valence-corrected chi connectivity index (χ1v) is 6.37. The molecule has 0 amide bonds. The van der Waals surface area contributed by atoms with Crippen molar-refractivity contribution in [3.8, 4) is 0 Å². The van der Waals surface area contributed by atoms with Gasteiger partial charge in [0.1, 0.15) is 0 Å². The average molecular weight is 237 g/mol.